The van der Waals surface area contributed by atoms with Crippen molar-refractivity contribution in [2.45, 2.75) is 19.8 Å². The summed E-state index contributed by atoms with van der Waals surface area (Å²) in [5.74, 6) is 1.52. The number of rotatable bonds is 9. The van der Waals surface area contributed by atoms with E-state index in [0.29, 0.717) is 39.5 Å². The van der Waals surface area contributed by atoms with Gasteiger partial charge < -0.3 is 24.4 Å². The molecular formula is C19H28N2O5. The number of nitrogens with zero attached hydrogens (tertiary/aromatic N) is 1. The van der Waals surface area contributed by atoms with Gasteiger partial charge in [-0.2, -0.15) is 0 Å². The van der Waals surface area contributed by atoms with Gasteiger partial charge in [0, 0.05) is 39.1 Å². The molecule has 144 valence electrons. The van der Waals surface area contributed by atoms with Gasteiger partial charge >= 0.3 is 0 Å². The highest BCUT2D eigenvalue weighted by Crippen LogP contribution is 2.17. The summed E-state index contributed by atoms with van der Waals surface area (Å²) in [6.45, 7) is 4.57. The van der Waals surface area contributed by atoms with Crippen LogP contribution in [0, 0.1) is 5.92 Å². The van der Waals surface area contributed by atoms with Crippen LogP contribution in [0.5, 0.6) is 11.5 Å². The second kappa shape index (κ2) is 10.7. The zero-order chi connectivity index (χ0) is 18.8. The van der Waals surface area contributed by atoms with E-state index >= 15 is 0 Å². The zero-order valence-corrected chi connectivity index (χ0v) is 15.5. The average molecular weight is 364 g/mol. The maximum absolute atomic E-state index is 12.1. The molecule has 0 spiro atoms. The van der Waals surface area contributed by atoms with E-state index in [4.69, 9.17) is 14.2 Å². The van der Waals surface area contributed by atoms with Gasteiger partial charge in [0.2, 0.25) is 11.8 Å². The zero-order valence-electron chi connectivity index (χ0n) is 15.5. The molecule has 7 heteroatoms. The second-order valence-corrected chi connectivity index (χ2v) is 6.21. The normalized spacial score (nSPS) is 14.5. The van der Waals surface area contributed by atoms with E-state index in [1.54, 1.807) is 12.0 Å². The minimum atomic E-state index is -0.0383. The van der Waals surface area contributed by atoms with Crippen LogP contribution in [-0.2, 0) is 14.3 Å². The fourth-order valence-corrected chi connectivity index (χ4v) is 2.79. The molecule has 0 atom stereocenters. The number of carbonyl (C=O) groups is 2. The van der Waals surface area contributed by atoms with Crippen LogP contribution in [0.3, 0.4) is 0 Å². The Hall–Kier alpha value is -2.28. The van der Waals surface area contributed by atoms with E-state index in [2.05, 4.69) is 5.32 Å². The van der Waals surface area contributed by atoms with Gasteiger partial charge in [0.1, 0.15) is 18.1 Å². The second-order valence-electron chi connectivity index (χ2n) is 6.21. The number of hydrogen-bond acceptors (Lipinski definition) is 5. The third-order valence-electron chi connectivity index (χ3n) is 4.41. The third-order valence-corrected chi connectivity index (χ3v) is 4.41. The summed E-state index contributed by atoms with van der Waals surface area (Å²) in [7, 11) is 1.61. The molecule has 1 aromatic carbocycles. The lowest BCUT2D eigenvalue weighted by Gasteiger charge is -2.24. The summed E-state index contributed by atoms with van der Waals surface area (Å²) in [4.78, 5) is 25.5. The summed E-state index contributed by atoms with van der Waals surface area (Å²) < 4.78 is 16.0. The summed E-state index contributed by atoms with van der Waals surface area (Å²) in [5, 5.41) is 2.92. The molecule has 0 saturated carbocycles. The molecule has 1 aliphatic heterocycles. The van der Waals surface area contributed by atoms with Crippen molar-refractivity contribution in [2.24, 2.45) is 5.92 Å². The first-order chi connectivity index (χ1) is 12.6. The molecule has 1 aromatic rings. The number of hydrogen-bond donors (Lipinski definition) is 1. The van der Waals surface area contributed by atoms with Crippen LogP contribution in [0.15, 0.2) is 24.3 Å². The van der Waals surface area contributed by atoms with Gasteiger partial charge in [0.15, 0.2) is 0 Å². The number of amides is 2. The van der Waals surface area contributed by atoms with E-state index in [0.717, 1.165) is 24.3 Å². The molecule has 2 amide bonds. The number of carbonyl (C=O) groups excluding carboxylic acids is 2. The Labute approximate surface area is 154 Å². The van der Waals surface area contributed by atoms with Gasteiger partial charge in [-0.3, -0.25) is 9.59 Å². The number of methoxy groups -OCH3 is 1. The molecule has 1 N–H and O–H groups in total. The van der Waals surface area contributed by atoms with Crippen molar-refractivity contribution in [2.75, 3.05) is 46.6 Å². The molecule has 26 heavy (non-hydrogen) atoms. The van der Waals surface area contributed by atoms with Gasteiger partial charge in [-0.1, -0.05) is 0 Å². The number of ether oxygens (including phenoxy) is 3. The van der Waals surface area contributed by atoms with Gasteiger partial charge in [-0.15, -0.1) is 0 Å². The Kier molecular flexibility index (Phi) is 8.21. The van der Waals surface area contributed by atoms with Crippen molar-refractivity contribution in [3.8, 4) is 11.5 Å². The van der Waals surface area contributed by atoms with E-state index in [1.165, 1.54) is 6.92 Å². The molecule has 7 nitrogen and oxygen atoms in total. The highest BCUT2D eigenvalue weighted by Gasteiger charge is 2.21. The molecule has 0 radical (unpaired) electrons. The van der Waals surface area contributed by atoms with Crippen molar-refractivity contribution in [3.05, 3.63) is 24.3 Å². The average Bonchev–Trinajstić information content (AvgIpc) is 2.67. The Morgan fingerprint density at radius 1 is 1.15 bits per heavy atom. The van der Waals surface area contributed by atoms with E-state index in [-0.39, 0.29) is 17.7 Å². The van der Waals surface area contributed by atoms with Gasteiger partial charge in [0.05, 0.1) is 13.7 Å². The first-order valence-corrected chi connectivity index (χ1v) is 8.98. The first-order valence-electron chi connectivity index (χ1n) is 8.98. The Bertz CT molecular complexity index is 570. The van der Waals surface area contributed by atoms with Crippen LogP contribution in [0.2, 0.25) is 0 Å². The van der Waals surface area contributed by atoms with Crippen molar-refractivity contribution in [1.82, 2.24) is 10.2 Å². The van der Waals surface area contributed by atoms with E-state index in [1.807, 2.05) is 24.3 Å². The standard InChI is InChI=1S/C19H28N2O5/c1-15(22)21(10-9-20-19(23)16-7-12-25-13-8-16)11-14-26-18-5-3-17(24-2)4-6-18/h3-6,16H,7-14H2,1-2H3,(H,20,23). The minimum absolute atomic E-state index is 0.0212. The van der Waals surface area contributed by atoms with Gasteiger partial charge in [0.25, 0.3) is 0 Å². The van der Waals surface area contributed by atoms with Crippen LogP contribution in [0.1, 0.15) is 19.8 Å². The lowest BCUT2D eigenvalue weighted by Crippen LogP contribution is -2.41. The van der Waals surface area contributed by atoms with Crippen molar-refractivity contribution in [1.29, 1.82) is 0 Å². The van der Waals surface area contributed by atoms with E-state index < -0.39 is 0 Å². The predicted octanol–water partition coefficient (Wildman–Crippen LogP) is 1.47. The van der Waals surface area contributed by atoms with Crippen molar-refractivity contribution < 1.29 is 23.8 Å². The Balaban J connectivity index is 1.68. The van der Waals surface area contributed by atoms with Gasteiger partial charge in [-0.25, -0.2) is 0 Å². The van der Waals surface area contributed by atoms with Crippen LogP contribution in [0.25, 0.3) is 0 Å². The monoisotopic (exact) mass is 364 g/mol. The quantitative estimate of drug-likeness (QED) is 0.718. The summed E-state index contributed by atoms with van der Waals surface area (Å²) in [6.07, 6.45) is 1.52. The van der Waals surface area contributed by atoms with Crippen LogP contribution < -0.4 is 14.8 Å². The first kappa shape index (κ1) is 20.0. The maximum Gasteiger partial charge on any atom is 0.223 e. The molecular weight excluding hydrogens is 336 g/mol. The highest BCUT2D eigenvalue weighted by molar-refractivity contribution is 5.78. The fourth-order valence-electron chi connectivity index (χ4n) is 2.79. The van der Waals surface area contributed by atoms with Crippen molar-refractivity contribution >= 4 is 11.8 Å². The lowest BCUT2D eigenvalue weighted by molar-refractivity contribution is -0.131. The summed E-state index contributed by atoms with van der Waals surface area (Å²) in [5.41, 5.74) is 0. The lowest BCUT2D eigenvalue weighted by atomic mass is 9.99. The largest absolute Gasteiger partial charge is 0.497 e. The van der Waals surface area contributed by atoms with Gasteiger partial charge in [-0.05, 0) is 37.1 Å². The molecule has 1 saturated heterocycles. The maximum atomic E-state index is 12.1. The molecule has 0 unspecified atom stereocenters. The van der Waals surface area contributed by atoms with Crippen LogP contribution in [-0.4, -0.2) is 63.3 Å². The van der Waals surface area contributed by atoms with Crippen molar-refractivity contribution in [3.63, 3.8) is 0 Å². The topological polar surface area (TPSA) is 77.1 Å². The third kappa shape index (κ3) is 6.55. The fraction of sp³-hybridized carbons (Fsp3) is 0.579. The Morgan fingerprint density at radius 3 is 2.42 bits per heavy atom. The number of benzene rings is 1. The molecule has 0 aliphatic carbocycles. The molecule has 1 heterocycles. The minimum Gasteiger partial charge on any atom is -0.497 e. The van der Waals surface area contributed by atoms with E-state index in [9.17, 15) is 9.59 Å². The van der Waals surface area contributed by atoms with Crippen LogP contribution in [0.4, 0.5) is 0 Å². The predicted molar refractivity (Wildman–Crippen MR) is 97.3 cm³/mol. The SMILES string of the molecule is COc1ccc(OCCN(CCNC(=O)C2CCOCC2)C(C)=O)cc1. The molecule has 1 fully saturated rings. The number of nitrogens with one attached hydrogen (secondary N) is 1. The smallest absolute Gasteiger partial charge is 0.223 e. The van der Waals surface area contributed by atoms with Crippen LogP contribution >= 0.6 is 0 Å². The molecule has 0 bridgehead atoms. The molecule has 1 aliphatic rings. The highest BCUT2D eigenvalue weighted by atomic mass is 16.5. The molecule has 2 rings (SSSR count). The summed E-state index contributed by atoms with van der Waals surface area (Å²) in [6, 6.07) is 7.30. The summed E-state index contributed by atoms with van der Waals surface area (Å²) >= 11 is 0. The molecule has 0 aromatic heterocycles. The Morgan fingerprint density at radius 2 is 1.81 bits per heavy atom.